The van der Waals surface area contributed by atoms with Crippen molar-refractivity contribution < 1.29 is 33.4 Å². The Morgan fingerprint density at radius 3 is 1.75 bits per heavy atom. The third-order valence-corrected chi connectivity index (χ3v) is 5.21. The van der Waals surface area contributed by atoms with Crippen LogP contribution < -0.4 is 10.6 Å². The molecule has 0 aromatic carbocycles. The second-order valence-corrected chi connectivity index (χ2v) is 11.8. The molecule has 2 N–H and O–H groups in total. The number of rotatable bonds is 4. The van der Waals surface area contributed by atoms with E-state index < -0.39 is 58.3 Å². The fourth-order valence-corrected chi connectivity index (χ4v) is 4.43. The summed E-state index contributed by atoms with van der Waals surface area (Å²) < 4.78 is 16.6. The molecule has 0 saturated heterocycles. The summed E-state index contributed by atoms with van der Waals surface area (Å²) in [5, 5.41) is 5.55. The Morgan fingerprint density at radius 2 is 1.31 bits per heavy atom. The molecule has 2 saturated carbocycles. The van der Waals surface area contributed by atoms with Crippen molar-refractivity contribution >= 4 is 23.9 Å². The van der Waals surface area contributed by atoms with Gasteiger partial charge >= 0.3 is 18.0 Å². The first-order valence-electron chi connectivity index (χ1n) is 11.0. The average Bonchev–Trinajstić information content (AvgIpc) is 3.16. The van der Waals surface area contributed by atoms with Crippen LogP contribution in [-0.2, 0) is 28.6 Å². The van der Waals surface area contributed by atoms with Gasteiger partial charge in [0.05, 0.1) is 5.92 Å². The standard InChI is InChI=1S/C23H38N2O7/c1-12(26)24-13-11-23(18(28)31-21(5,6)7,25-19(29)32-22(8,9)10)16-14(13)15(16)17(27)30-20(2,3)4/h13-16H,11H2,1-10H3,(H,24,26)(H,25,29)/t13-,14+,15+,16+,23+/m1/s1. The van der Waals surface area contributed by atoms with Gasteiger partial charge in [0, 0.05) is 25.3 Å². The van der Waals surface area contributed by atoms with Crippen LogP contribution in [0.4, 0.5) is 4.79 Å². The molecule has 2 fully saturated rings. The number of carbonyl (C=O) groups excluding carboxylic acids is 4. The molecule has 0 aromatic rings. The lowest BCUT2D eigenvalue weighted by molar-refractivity contribution is -0.166. The zero-order valence-corrected chi connectivity index (χ0v) is 20.9. The van der Waals surface area contributed by atoms with Crippen LogP contribution in [0.5, 0.6) is 0 Å². The normalized spacial score (nSPS) is 29.4. The highest BCUT2D eigenvalue weighted by Gasteiger charge is 2.77. The van der Waals surface area contributed by atoms with E-state index in [-0.39, 0.29) is 18.2 Å². The summed E-state index contributed by atoms with van der Waals surface area (Å²) in [7, 11) is 0. The van der Waals surface area contributed by atoms with Crippen molar-refractivity contribution in [3.05, 3.63) is 0 Å². The summed E-state index contributed by atoms with van der Waals surface area (Å²) in [6.45, 7) is 17.0. The highest BCUT2D eigenvalue weighted by molar-refractivity contribution is 5.91. The molecule has 0 heterocycles. The van der Waals surface area contributed by atoms with E-state index in [9.17, 15) is 19.2 Å². The largest absolute Gasteiger partial charge is 0.460 e. The lowest BCUT2D eigenvalue weighted by Gasteiger charge is -2.35. The van der Waals surface area contributed by atoms with E-state index in [4.69, 9.17) is 14.2 Å². The van der Waals surface area contributed by atoms with Gasteiger partial charge in [-0.25, -0.2) is 9.59 Å². The van der Waals surface area contributed by atoms with Gasteiger partial charge in [0.25, 0.3) is 0 Å². The van der Waals surface area contributed by atoms with E-state index in [1.807, 2.05) is 0 Å². The zero-order valence-electron chi connectivity index (χ0n) is 20.9. The minimum absolute atomic E-state index is 0.0926. The van der Waals surface area contributed by atoms with Gasteiger partial charge in [-0.3, -0.25) is 9.59 Å². The molecule has 0 spiro atoms. The van der Waals surface area contributed by atoms with Crippen molar-refractivity contribution in [2.75, 3.05) is 0 Å². The number of carbonyl (C=O) groups is 4. The van der Waals surface area contributed by atoms with Crippen LogP contribution in [0.3, 0.4) is 0 Å². The number of amides is 2. The molecule has 0 unspecified atom stereocenters. The maximum Gasteiger partial charge on any atom is 0.408 e. The highest BCUT2D eigenvalue weighted by Crippen LogP contribution is 2.63. The third kappa shape index (κ3) is 6.13. The van der Waals surface area contributed by atoms with Crippen LogP contribution in [0.1, 0.15) is 75.7 Å². The summed E-state index contributed by atoms with van der Waals surface area (Å²) >= 11 is 0. The minimum Gasteiger partial charge on any atom is -0.460 e. The topological polar surface area (TPSA) is 120 Å². The number of nitrogens with one attached hydrogen (secondary N) is 2. The predicted octanol–water partition coefficient (Wildman–Crippen LogP) is 2.70. The van der Waals surface area contributed by atoms with Crippen molar-refractivity contribution in [3.8, 4) is 0 Å². The Morgan fingerprint density at radius 1 is 0.812 bits per heavy atom. The third-order valence-electron chi connectivity index (χ3n) is 5.21. The summed E-state index contributed by atoms with van der Waals surface area (Å²) in [6, 6.07) is -0.502. The van der Waals surface area contributed by atoms with Crippen molar-refractivity contribution in [2.45, 2.75) is 104 Å². The van der Waals surface area contributed by atoms with Gasteiger partial charge in [-0.1, -0.05) is 0 Å². The SMILES string of the molecule is CC(=O)N[C@@H]1C[C@@](NC(=O)OC(C)(C)C)(C(=O)OC(C)(C)C)[C@@H]2[C@@H](C(=O)OC(C)(C)C)[C@@H]21. The first kappa shape index (κ1) is 25.9. The molecule has 0 aliphatic heterocycles. The number of alkyl carbamates (subject to hydrolysis) is 1. The van der Waals surface area contributed by atoms with E-state index in [2.05, 4.69) is 10.6 Å². The molecule has 0 bridgehead atoms. The average molecular weight is 455 g/mol. The fraction of sp³-hybridized carbons (Fsp3) is 0.826. The Hall–Kier alpha value is -2.32. The van der Waals surface area contributed by atoms with E-state index in [1.54, 1.807) is 62.3 Å². The Kier molecular flexibility index (Phi) is 6.67. The highest BCUT2D eigenvalue weighted by atomic mass is 16.6. The summed E-state index contributed by atoms with van der Waals surface area (Å²) in [4.78, 5) is 51.0. The van der Waals surface area contributed by atoms with Crippen LogP contribution in [0.15, 0.2) is 0 Å². The van der Waals surface area contributed by atoms with Crippen molar-refractivity contribution in [1.82, 2.24) is 10.6 Å². The van der Waals surface area contributed by atoms with E-state index in [0.29, 0.717) is 0 Å². The number of fused-ring (bicyclic) bond motifs is 1. The molecule has 2 amide bonds. The monoisotopic (exact) mass is 454 g/mol. The lowest BCUT2D eigenvalue weighted by Crippen LogP contribution is -2.60. The van der Waals surface area contributed by atoms with Crippen LogP contribution >= 0.6 is 0 Å². The number of esters is 2. The molecular formula is C23H38N2O7. The molecule has 5 atom stereocenters. The minimum atomic E-state index is -1.53. The van der Waals surface area contributed by atoms with Gasteiger partial charge < -0.3 is 24.8 Å². The van der Waals surface area contributed by atoms with Gasteiger partial charge in [0.1, 0.15) is 22.3 Å². The van der Waals surface area contributed by atoms with Gasteiger partial charge in [-0.2, -0.15) is 0 Å². The fourth-order valence-electron chi connectivity index (χ4n) is 4.43. The maximum absolute atomic E-state index is 13.4. The number of hydrogen-bond donors (Lipinski definition) is 2. The smallest absolute Gasteiger partial charge is 0.408 e. The van der Waals surface area contributed by atoms with Gasteiger partial charge in [-0.05, 0) is 68.2 Å². The molecule has 2 aliphatic rings. The molecule has 182 valence electrons. The van der Waals surface area contributed by atoms with E-state index in [1.165, 1.54) is 6.92 Å². The van der Waals surface area contributed by atoms with Gasteiger partial charge in [0.2, 0.25) is 5.91 Å². The van der Waals surface area contributed by atoms with Gasteiger partial charge in [-0.15, -0.1) is 0 Å². The van der Waals surface area contributed by atoms with Crippen molar-refractivity contribution in [2.24, 2.45) is 17.8 Å². The number of ether oxygens (including phenoxy) is 3. The maximum atomic E-state index is 13.4. The first-order chi connectivity index (χ1) is 14.3. The summed E-state index contributed by atoms with van der Waals surface area (Å²) in [5.41, 5.74) is -3.86. The Balaban J connectivity index is 2.45. The van der Waals surface area contributed by atoms with Gasteiger partial charge in [0.15, 0.2) is 0 Å². The van der Waals surface area contributed by atoms with Crippen LogP contribution in [0, 0.1) is 17.8 Å². The van der Waals surface area contributed by atoms with Crippen LogP contribution in [0.25, 0.3) is 0 Å². The van der Waals surface area contributed by atoms with E-state index in [0.717, 1.165) is 0 Å². The molecule has 0 radical (unpaired) electrons. The molecule has 9 heteroatoms. The van der Waals surface area contributed by atoms with Crippen LogP contribution in [-0.4, -0.2) is 52.3 Å². The molecular weight excluding hydrogens is 416 g/mol. The zero-order chi connectivity index (χ0) is 24.9. The summed E-state index contributed by atoms with van der Waals surface area (Å²) in [5.74, 6) is -3.04. The molecule has 2 aliphatic carbocycles. The molecule has 32 heavy (non-hydrogen) atoms. The lowest BCUT2D eigenvalue weighted by atomic mass is 9.88. The molecule has 2 rings (SSSR count). The Labute approximate surface area is 190 Å². The summed E-state index contributed by atoms with van der Waals surface area (Å²) in [6.07, 6.45) is -0.699. The van der Waals surface area contributed by atoms with Crippen molar-refractivity contribution in [1.29, 1.82) is 0 Å². The number of hydrogen-bond acceptors (Lipinski definition) is 7. The molecule has 9 nitrogen and oxygen atoms in total. The Bertz CT molecular complexity index is 788. The molecule has 0 aromatic heterocycles. The van der Waals surface area contributed by atoms with Crippen LogP contribution in [0.2, 0.25) is 0 Å². The van der Waals surface area contributed by atoms with E-state index >= 15 is 0 Å². The second kappa shape index (κ2) is 8.23. The first-order valence-corrected chi connectivity index (χ1v) is 11.0. The quantitative estimate of drug-likeness (QED) is 0.495. The predicted molar refractivity (Wildman–Crippen MR) is 116 cm³/mol. The van der Waals surface area contributed by atoms with Crippen molar-refractivity contribution in [3.63, 3.8) is 0 Å². The second-order valence-electron chi connectivity index (χ2n) is 11.8.